The van der Waals surface area contributed by atoms with Crippen LogP contribution in [-0.4, -0.2) is 32.8 Å². The molecule has 104 valence electrons. The van der Waals surface area contributed by atoms with Crippen LogP contribution in [0.4, 0.5) is 4.39 Å². The summed E-state index contributed by atoms with van der Waals surface area (Å²) in [5.41, 5.74) is 0.634. The van der Waals surface area contributed by atoms with Crippen molar-refractivity contribution >= 4 is 5.96 Å². The lowest BCUT2D eigenvalue weighted by Gasteiger charge is -2.14. The van der Waals surface area contributed by atoms with Gasteiger partial charge < -0.3 is 15.4 Å². The summed E-state index contributed by atoms with van der Waals surface area (Å²) in [5.74, 6) is 1.02. The van der Waals surface area contributed by atoms with E-state index in [1.807, 2.05) is 6.07 Å². The second-order valence-corrected chi connectivity index (χ2v) is 4.63. The monoisotopic (exact) mass is 265 g/mol. The lowest BCUT2D eigenvalue weighted by atomic mass is 10.1. The SMILES string of the molecule is CN=C(NCc1ccccc1F)NCC1CCOC1. The van der Waals surface area contributed by atoms with Gasteiger partial charge in [0.25, 0.3) is 0 Å². The summed E-state index contributed by atoms with van der Waals surface area (Å²) in [7, 11) is 1.71. The number of nitrogens with zero attached hydrogens (tertiary/aromatic N) is 1. The van der Waals surface area contributed by atoms with Gasteiger partial charge in [-0.1, -0.05) is 18.2 Å². The largest absolute Gasteiger partial charge is 0.381 e. The third kappa shape index (κ3) is 4.21. The smallest absolute Gasteiger partial charge is 0.191 e. The number of ether oxygens (including phenoxy) is 1. The van der Waals surface area contributed by atoms with E-state index < -0.39 is 0 Å². The Morgan fingerprint density at radius 3 is 2.95 bits per heavy atom. The van der Waals surface area contributed by atoms with Crippen molar-refractivity contribution in [3.8, 4) is 0 Å². The Bertz CT molecular complexity index is 430. The number of hydrogen-bond acceptors (Lipinski definition) is 2. The van der Waals surface area contributed by atoms with Crippen LogP contribution in [0.2, 0.25) is 0 Å². The van der Waals surface area contributed by atoms with Gasteiger partial charge in [-0.25, -0.2) is 4.39 Å². The molecule has 0 saturated carbocycles. The summed E-state index contributed by atoms with van der Waals surface area (Å²) in [6.45, 7) is 2.90. The third-order valence-electron chi connectivity index (χ3n) is 3.21. The molecule has 1 atom stereocenters. The van der Waals surface area contributed by atoms with Crippen LogP contribution >= 0.6 is 0 Å². The zero-order chi connectivity index (χ0) is 13.5. The van der Waals surface area contributed by atoms with Gasteiger partial charge in [0.05, 0.1) is 6.61 Å². The molecule has 0 amide bonds. The van der Waals surface area contributed by atoms with Gasteiger partial charge in [-0.05, 0) is 12.5 Å². The number of halogens is 1. The van der Waals surface area contributed by atoms with Crippen molar-refractivity contribution in [2.24, 2.45) is 10.9 Å². The second kappa shape index (κ2) is 7.09. The summed E-state index contributed by atoms with van der Waals surface area (Å²) in [6.07, 6.45) is 1.08. The summed E-state index contributed by atoms with van der Waals surface area (Å²) in [4.78, 5) is 4.12. The minimum atomic E-state index is -0.199. The number of rotatable bonds is 4. The Kier molecular flexibility index (Phi) is 5.15. The summed E-state index contributed by atoms with van der Waals surface area (Å²) in [5, 5.41) is 6.35. The fourth-order valence-corrected chi connectivity index (χ4v) is 2.03. The molecule has 1 unspecified atom stereocenters. The highest BCUT2D eigenvalue weighted by Crippen LogP contribution is 2.10. The average Bonchev–Trinajstić information content (AvgIpc) is 2.94. The second-order valence-electron chi connectivity index (χ2n) is 4.63. The van der Waals surface area contributed by atoms with Crippen molar-refractivity contribution in [1.29, 1.82) is 0 Å². The third-order valence-corrected chi connectivity index (χ3v) is 3.21. The van der Waals surface area contributed by atoms with Gasteiger partial charge in [-0.15, -0.1) is 0 Å². The minimum absolute atomic E-state index is 0.199. The Morgan fingerprint density at radius 2 is 2.26 bits per heavy atom. The van der Waals surface area contributed by atoms with Gasteiger partial charge in [-0.3, -0.25) is 4.99 Å². The average molecular weight is 265 g/mol. The maximum atomic E-state index is 13.5. The first kappa shape index (κ1) is 13.8. The van der Waals surface area contributed by atoms with E-state index in [0.717, 1.165) is 26.2 Å². The van der Waals surface area contributed by atoms with E-state index in [4.69, 9.17) is 4.74 Å². The van der Waals surface area contributed by atoms with Crippen LogP contribution in [0.15, 0.2) is 29.3 Å². The maximum absolute atomic E-state index is 13.5. The zero-order valence-corrected chi connectivity index (χ0v) is 11.2. The quantitative estimate of drug-likeness (QED) is 0.641. The van der Waals surface area contributed by atoms with Crippen LogP contribution in [0, 0.1) is 11.7 Å². The molecular formula is C14H20FN3O. The summed E-state index contributed by atoms with van der Waals surface area (Å²) in [6, 6.07) is 6.74. The van der Waals surface area contributed by atoms with Crippen molar-refractivity contribution in [3.05, 3.63) is 35.6 Å². The van der Waals surface area contributed by atoms with Gasteiger partial charge in [-0.2, -0.15) is 0 Å². The molecule has 0 bridgehead atoms. The highest BCUT2D eigenvalue weighted by molar-refractivity contribution is 5.79. The Morgan fingerprint density at radius 1 is 1.42 bits per heavy atom. The molecule has 1 aliphatic heterocycles. The highest BCUT2D eigenvalue weighted by atomic mass is 19.1. The Labute approximate surface area is 113 Å². The van der Waals surface area contributed by atoms with Crippen molar-refractivity contribution in [3.63, 3.8) is 0 Å². The molecular weight excluding hydrogens is 245 g/mol. The number of nitrogens with one attached hydrogen (secondary N) is 2. The number of benzene rings is 1. The molecule has 0 radical (unpaired) electrons. The molecule has 4 nitrogen and oxygen atoms in total. The summed E-state index contributed by atoms with van der Waals surface area (Å²) < 4.78 is 18.8. The normalized spacial score (nSPS) is 19.5. The van der Waals surface area contributed by atoms with Gasteiger partial charge in [0.15, 0.2) is 5.96 Å². The number of hydrogen-bond donors (Lipinski definition) is 2. The van der Waals surface area contributed by atoms with Crippen LogP contribution in [0.5, 0.6) is 0 Å². The molecule has 5 heteroatoms. The van der Waals surface area contributed by atoms with E-state index in [2.05, 4.69) is 15.6 Å². The van der Waals surface area contributed by atoms with Gasteiger partial charge in [0.1, 0.15) is 5.82 Å². The fourth-order valence-electron chi connectivity index (χ4n) is 2.03. The zero-order valence-electron chi connectivity index (χ0n) is 11.2. The van der Waals surface area contributed by atoms with Gasteiger partial charge >= 0.3 is 0 Å². The van der Waals surface area contributed by atoms with Crippen LogP contribution in [0.25, 0.3) is 0 Å². The molecule has 2 N–H and O–H groups in total. The molecule has 0 aliphatic carbocycles. The van der Waals surface area contributed by atoms with E-state index in [-0.39, 0.29) is 5.82 Å². The van der Waals surface area contributed by atoms with Crippen LogP contribution in [-0.2, 0) is 11.3 Å². The molecule has 0 spiro atoms. The minimum Gasteiger partial charge on any atom is -0.381 e. The molecule has 1 fully saturated rings. The lowest BCUT2D eigenvalue weighted by molar-refractivity contribution is 0.186. The van der Waals surface area contributed by atoms with Crippen molar-refractivity contribution < 1.29 is 9.13 Å². The van der Waals surface area contributed by atoms with Gasteiger partial charge in [0, 0.05) is 38.2 Å². The van der Waals surface area contributed by atoms with E-state index in [1.165, 1.54) is 6.07 Å². The van der Waals surface area contributed by atoms with Crippen LogP contribution in [0.3, 0.4) is 0 Å². The predicted molar refractivity (Wildman–Crippen MR) is 73.5 cm³/mol. The van der Waals surface area contributed by atoms with Crippen molar-refractivity contribution in [1.82, 2.24) is 10.6 Å². The van der Waals surface area contributed by atoms with Gasteiger partial charge in [0.2, 0.25) is 0 Å². The first-order valence-electron chi connectivity index (χ1n) is 6.55. The molecule has 1 aromatic carbocycles. The number of aliphatic imine (C=N–C) groups is 1. The van der Waals surface area contributed by atoms with E-state index in [9.17, 15) is 4.39 Å². The first-order valence-corrected chi connectivity index (χ1v) is 6.55. The molecule has 1 heterocycles. The molecule has 1 aliphatic rings. The molecule has 1 saturated heterocycles. The van der Waals surface area contributed by atoms with Crippen LogP contribution in [0.1, 0.15) is 12.0 Å². The number of guanidine groups is 1. The topological polar surface area (TPSA) is 45.7 Å². The standard InChI is InChI=1S/C14H20FN3O/c1-16-14(17-8-11-6-7-19-10-11)18-9-12-4-2-3-5-13(12)15/h2-5,11H,6-10H2,1H3,(H2,16,17,18). The van der Waals surface area contributed by atoms with Crippen LogP contribution < -0.4 is 10.6 Å². The van der Waals surface area contributed by atoms with E-state index >= 15 is 0 Å². The highest BCUT2D eigenvalue weighted by Gasteiger charge is 2.15. The molecule has 19 heavy (non-hydrogen) atoms. The fraction of sp³-hybridized carbons (Fsp3) is 0.500. The molecule has 0 aromatic heterocycles. The predicted octanol–water partition coefficient (Wildman–Crippen LogP) is 1.53. The van der Waals surface area contributed by atoms with Crippen molar-refractivity contribution in [2.45, 2.75) is 13.0 Å². The van der Waals surface area contributed by atoms with Crippen molar-refractivity contribution in [2.75, 3.05) is 26.8 Å². The summed E-state index contributed by atoms with van der Waals surface area (Å²) >= 11 is 0. The first-order chi connectivity index (χ1) is 9.29. The van der Waals surface area contributed by atoms with E-state index in [0.29, 0.717) is 24.0 Å². The Hall–Kier alpha value is -1.62. The van der Waals surface area contributed by atoms with E-state index in [1.54, 1.807) is 19.2 Å². The lowest BCUT2D eigenvalue weighted by Crippen LogP contribution is -2.39. The molecule has 2 rings (SSSR count). The Balaban J connectivity index is 1.78. The maximum Gasteiger partial charge on any atom is 0.191 e. The molecule has 1 aromatic rings.